The molecule has 34 heavy (non-hydrogen) atoms. The average Bonchev–Trinajstić information content (AvgIpc) is 3.54. The molecule has 2 aliphatic heterocycles. The van der Waals surface area contributed by atoms with Crippen molar-refractivity contribution in [1.82, 2.24) is 14.8 Å². The van der Waals surface area contributed by atoms with Crippen molar-refractivity contribution >= 4 is 51.8 Å². The topological polar surface area (TPSA) is 66.8 Å². The van der Waals surface area contributed by atoms with E-state index in [0.717, 1.165) is 41.6 Å². The number of nitrogens with zero attached hydrogens (tertiary/aromatic N) is 3. The van der Waals surface area contributed by atoms with Crippen LogP contribution in [0.5, 0.6) is 0 Å². The third kappa shape index (κ3) is 4.22. The van der Waals surface area contributed by atoms with Crippen molar-refractivity contribution in [3.05, 3.63) is 72.1 Å². The van der Waals surface area contributed by atoms with Crippen LogP contribution in [0.15, 0.2) is 66.5 Å². The molecule has 0 radical (unpaired) electrons. The molecule has 2 amide bonds. The number of amides is 2. The molecule has 3 heterocycles. The largest absolute Gasteiger partial charge is 0.376 e. The van der Waals surface area contributed by atoms with Gasteiger partial charge in [-0.2, -0.15) is 0 Å². The Hall–Kier alpha value is -3.49. The molecular formula is C26H26N4O3S. The standard InChI is InChI=1S/C26H26N4O3S/c1-28-23(25(32)30(26(28)34)19-8-3-2-4-9-19)14-18-16-29(22-12-6-5-11-21(18)22)17-24(31)27-15-20-10-7-13-33-20/h2-6,8-9,11-12,14,16,20H,7,10,13,15,17H2,1H3,(H,27,31)/b23-14-/t20-/m0/s1. The summed E-state index contributed by atoms with van der Waals surface area (Å²) in [6.45, 7) is 1.48. The number of nitrogens with one attached hydrogen (secondary N) is 1. The zero-order valence-electron chi connectivity index (χ0n) is 18.9. The molecule has 1 aromatic heterocycles. The molecule has 8 heteroatoms. The molecule has 0 spiro atoms. The third-order valence-electron chi connectivity index (χ3n) is 6.25. The van der Waals surface area contributed by atoms with Crippen molar-refractivity contribution in [3.8, 4) is 0 Å². The summed E-state index contributed by atoms with van der Waals surface area (Å²) in [5.41, 5.74) is 3.00. The average molecular weight is 475 g/mol. The number of anilines is 1. The summed E-state index contributed by atoms with van der Waals surface area (Å²) in [6, 6.07) is 17.3. The van der Waals surface area contributed by atoms with Gasteiger partial charge < -0.3 is 19.5 Å². The lowest BCUT2D eigenvalue weighted by Gasteiger charge is -2.16. The minimum absolute atomic E-state index is 0.0686. The van der Waals surface area contributed by atoms with E-state index in [9.17, 15) is 9.59 Å². The Labute approximate surface area is 203 Å². The fraction of sp³-hybridized carbons (Fsp3) is 0.269. The van der Waals surface area contributed by atoms with Crippen molar-refractivity contribution in [1.29, 1.82) is 0 Å². The van der Waals surface area contributed by atoms with Crippen LogP contribution < -0.4 is 10.2 Å². The molecule has 0 saturated carbocycles. The number of aromatic nitrogens is 1. The Morgan fingerprint density at radius 2 is 1.94 bits per heavy atom. The van der Waals surface area contributed by atoms with Crippen LogP contribution in [0.4, 0.5) is 5.69 Å². The van der Waals surface area contributed by atoms with E-state index in [2.05, 4.69) is 5.32 Å². The molecule has 2 aromatic carbocycles. The molecule has 7 nitrogen and oxygen atoms in total. The molecule has 5 rings (SSSR count). The molecule has 2 aliphatic rings. The number of para-hydroxylation sites is 2. The van der Waals surface area contributed by atoms with Gasteiger partial charge in [-0.05, 0) is 49.3 Å². The highest BCUT2D eigenvalue weighted by Crippen LogP contribution is 2.30. The first-order chi connectivity index (χ1) is 16.5. The monoisotopic (exact) mass is 474 g/mol. The molecule has 174 valence electrons. The van der Waals surface area contributed by atoms with E-state index in [-0.39, 0.29) is 24.5 Å². The van der Waals surface area contributed by atoms with Gasteiger partial charge >= 0.3 is 0 Å². The van der Waals surface area contributed by atoms with E-state index < -0.39 is 0 Å². The first-order valence-corrected chi connectivity index (χ1v) is 11.8. The Morgan fingerprint density at radius 3 is 2.71 bits per heavy atom. The lowest BCUT2D eigenvalue weighted by atomic mass is 10.1. The number of carbonyl (C=O) groups excluding carboxylic acids is 2. The van der Waals surface area contributed by atoms with Crippen molar-refractivity contribution in [2.45, 2.75) is 25.5 Å². The van der Waals surface area contributed by atoms with Crippen LogP contribution in [0.25, 0.3) is 17.0 Å². The lowest BCUT2D eigenvalue weighted by molar-refractivity contribution is -0.122. The SMILES string of the molecule is CN1C(=S)N(c2ccccc2)C(=O)/C1=C/c1cn(CC(=O)NC[C@@H]2CCCO2)c2ccccc12. The maximum absolute atomic E-state index is 13.3. The molecule has 1 N–H and O–H groups in total. The van der Waals surface area contributed by atoms with Crippen LogP contribution in [0.1, 0.15) is 18.4 Å². The van der Waals surface area contributed by atoms with E-state index in [0.29, 0.717) is 17.4 Å². The van der Waals surface area contributed by atoms with Crippen LogP contribution in [0.2, 0.25) is 0 Å². The van der Waals surface area contributed by atoms with Gasteiger partial charge in [0, 0.05) is 42.9 Å². The number of carbonyl (C=O) groups is 2. The van der Waals surface area contributed by atoms with Crippen LogP contribution in [-0.2, 0) is 20.9 Å². The smallest absolute Gasteiger partial charge is 0.281 e. The summed E-state index contributed by atoms with van der Waals surface area (Å²) in [6.07, 6.45) is 5.89. The van der Waals surface area contributed by atoms with Gasteiger partial charge in [0.2, 0.25) is 5.91 Å². The summed E-state index contributed by atoms with van der Waals surface area (Å²) in [4.78, 5) is 29.2. The van der Waals surface area contributed by atoms with Crippen molar-refractivity contribution in [2.24, 2.45) is 0 Å². The van der Waals surface area contributed by atoms with Gasteiger partial charge in [-0.3, -0.25) is 14.5 Å². The van der Waals surface area contributed by atoms with Crippen LogP contribution in [0.3, 0.4) is 0 Å². The Balaban J connectivity index is 1.42. The molecule has 1 atom stereocenters. The van der Waals surface area contributed by atoms with Gasteiger partial charge in [0.1, 0.15) is 12.2 Å². The minimum Gasteiger partial charge on any atom is -0.376 e. The summed E-state index contributed by atoms with van der Waals surface area (Å²) in [5, 5.41) is 4.37. The predicted octanol–water partition coefficient (Wildman–Crippen LogP) is 3.54. The van der Waals surface area contributed by atoms with Crippen molar-refractivity contribution in [2.75, 3.05) is 25.1 Å². The van der Waals surface area contributed by atoms with Gasteiger partial charge in [0.25, 0.3) is 5.91 Å². The first-order valence-electron chi connectivity index (χ1n) is 11.4. The second-order valence-corrected chi connectivity index (χ2v) is 8.88. The molecular weight excluding hydrogens is 448 g/mol. The summed E-state index contributed by atoms with van der Waals surface area (Å²) in [5.74, 6) is -0.245. The van der Waals surface area contributed by atoms with Crippen molar-refractivity contribution in [3.63, 3.8) is 0 Å². The fourth-order valence-corrected chi connectivity index (χ4v) is 4.76. The highest BCUT2D eigenvalue weighted by Gasteiger charge is 2.36. The van der Waals surface area contributed by atoms with E-state index in [1.165, 1.54) is 0 Å². The summed E-state index contributed by atoms with van der Waals surface area (Å²) in [7, 11) is 1.80. The van der Waals surface area contributed by atoms with Gasteiger partial charge in [-0.1, -0.05) is 36.4 Å². The highest BCUT2D eigenvalue weighted by atomic mass is 32.1. The van der Waals surface area contributed by atoms with Gasteiger partial charge in [0.15, 0.2) is 5.11 Å². The number of hydrogen-bond acceptors (Lipinski definition) is 4. The van der Waals surface area contributed by atoms with E-state index in [4.69, 9.17) is 17.0 Å². The quantitative estimate of drug-likeness (QED) is 0.437. The number of ether oxygens (including phenoxy) is 1. The van der Waals surface area contributed by atoms with Crippen LogP contribution >= 0.6 is 12.2 Å². The number of thiocarbonyl (C=S) groups is 1. The third-order valence-corrected chi connectivity index (χ3v) is 6.71. The normalized spacial score (nSPS) is 19.6. The van der Waals surface area contributed by atoms with E-state index >= 15 is 0 Å². The van der Waals surface area contributed by atoms with E-state index in [1.54, 1.807) is 16.8 Å². The second kappa shape index (κ2) is 9.40. The van der Waals surface area contributed by atoms with E-state index in [1.807, 2.05) is 71.4 Å². The van der Waals surface area contributed by atoms with Crippen molar-refractivity contribution < 1.29 is 14.3 Å². The number of benzene rings is 2. The lowest BCUT2D eigenvalue weighted by Crippen LogP contribution is -2.34. The number of rotatable bonds is 6. The van der Waals surface area contributed by atoms with Gasteiger partial charge in [-0.15, -0.1) is 0 Å². The summed E-state index contributed by atoms with van der Waals surface area (Å²) >= 11 is 5.57. The zero-order valence-corrected chi connectivity index (χ0v) is 19.8. The molecule has 0 unspecified atom stereocenters. The maximum atomic E-state index is 13.3. The fourth-order valence-electron chi connectivity index (χ4n) is 4.47. The minimum atomic E-state index is -0.176. The predicted molar refractivity (Wildman–Crippen MR) is 136 cm³/mol. The number of hydrogen-bond donors (Lipinski definition) is 1. The molecule has 0 bridgehead atoms. The highest BCUT2D eigenvalue weighted by molar-refractivity contribution is 7.80. The molecule has 2 fully saturated rings. The Bertz CT molecular complexity index is 1280. The molecule has 3 aromatic rings. The van der Waals surface area contributed by atoms with Crippen LogP contribution in [0, 0.1) is 0 Å². The van der Waals surface area contributed by atoms with Gasteiger partial charge in [0.05, 0.1) is 11.8 Å². The second-order valence-electron chi connectivity index (χ2n) is 8.52. The Kier molecular flexibility index (Phi) is 6.17. The van der Waals surface area contributed by atoms with Crippen LogP contribution in [-0.4, -0.2) is 52.7 Å². The maximum Gasteiger partial charge on any atom is 0.281 e. The zero-order chi connectivity index (χ0) is 23.7. The first kappa shape index (κ1) is 22.3. The van der Waals surface area contributed by atoms with Gasteiger partial charge in [-0.25, -0.2) is 0 Å². The molecule has 2 saturated heterocycles. The Morgan fingerprint density at radius 1 is 1.18 bits per heavy atom. The number of likely N-dealkylation sites (N-methyl/N-ethyl adjacent to an activating group) is 1. The molecule has 0 aliphatic carbocycles. The summed E-state index contributed by atoms with van der Waals surface area (Å²) < 4.78 is 7.51. The number of fused-ring (bicyclic) bond motifs is 1.